The zero-order chi connectivity index (χ0) is 29.8. The molecule has 0 fully saturated rings. The number of anilines is 1. The molecule has 0 bridgehead atoms. The van der Waals surface area contributed by atoms with Crippen molar-refractivity contribution in [2.45, 2.75) is 104 Å². The van der Waals surface area contributed by atoms with E-state index in [1.807, 2.05) is 40.8 Å². The van der Waals surface area contributed by atoms with Gasteiger partial charge in [-0.2, -0.15) is 16.5 Å². The Bertz CT molecular complexity index is 1190. The van der Waals surface area contributed by atoms with Gasteiger partial charge in [0.25, 0.3) is 0 Å². The molecule has 0 spiro atoms. The molecule has 1 amide bonds. The van der Waals surface area contributed by atoms with E-state index in [-0.39, 0.29) is 5.91 Å². The predicted octanol–water partition coefficient (Wildman–Crippen LogP) is 7.11. The van der Waals surface area contributed by atoms with Gasteiger partial charge < -0.3 is 20.6 Å². The van der Waals surface area contributed by atoms with Gasteiger partial charge in [-0.25, -0.2) is 9.97 Å². The van der Waals surface area contributed by atoms with Crippen LogP contribution in [0.15, 0.2) is 24.3 Å². The number of fused-ring (bicyclic) bond motifs is 3. The molecule has 2 aromatic heterocycles. The summed E-state index contributed by atoms with van der Waals surface area (Å²) in [5.74, 6) is 3.62. The number of para-hydroxylation sites is 1. The summed E-state index contributed by atoms with van der Waals surface area (Å²) < 4.78 is 7.54. The van der Waals surface area contributed by atoms with Gasteiger partial charge in [-0.05, 0) is 36.8 Å². The molecule has 0 aliphatic rings. The zero-order valence-corrected chi connectivity index (χ0v) is 26.8. The van der Waals surface area contributed by atoms with E-state index in [4.69, 9.17) is 20.3 Å². The van der Waals surface area contributed by atoms with Crippen LogP contribution in [-0.4, -0.2) is 58.5 Å². The summed E-state index contributed by atoms with van der Waals surface area (Å²) in [5, 5.41) is 3.92. The number of carbonyl (C=O) groups excluding carboxylic acids is 1. The van der Waals surface area contributed by atoms with Crippen LogP contribution >= 0.6 is 11.8 Å². The van der Waals surface area contributed by atoms with E-state index in [0.29, 0.717) is 44.1 Å². The van der Waals surface area contributed by atoms with Gasteiger partial charge in [0, 0.05) is 24.8 Å². The molecular formula is C33H53N5O3S. The fourth-order valence-corrected chi connectivity index (χ4v) is 6.01. The Morgan fingerprint density at radius 3 is 2.38 bits per heavy atom. The Hall–Kier alpha value is -2.52. The van der Waals surface area contributed by atoms with Crippen LogP contribution in [0.5, 0.6) is 0 Å². The largest absolute Gasteiger partial charge is 0.410 e. The molecule has 0 saturated heterocycles. The molecule has 42 heavy (non-hydrogen) atoms. The molecule has 0 aliphatic heterocycles. The van der Waals surface area contributed by atoms with Gasteiger partial charge in [-0.1, -0.05) is 89.8 Å². The number of amides is 1. The number of nitrogens with zero attached hydrogens (tertiary/aromatic N) is 3. The molecule has 3 aromatic rings. The summed E-state index contributed by atoms with van der Waals surface area (Å²) in [6.07, 6.45) is 16.7. The number of pyridine rings is 1. The molecule has 1 aromatic carbocycles. The van der Waals surface area contributed by atoms with Crippen molar-refractivity contribution in [3.8, 4) is 0 Å². The van der Waals surface area contributed by atoms with E-state index in [2.05, 4.69) is 24.1 Å². The maximum absolute atomic E-state index is 12.1. The molecule has 2 heterocycles. The van der Waals surface area contributed by atoms with Gasteiger partial charge in [-0.3, -0.25) is 4.79 Å². The lowest BCUT2D eigenvalue weighted by atomic mass is 10.1. The topological polar surface area (TPSA) is 104 Å². The smallest absolute Gasteiger partial charge is 0.220 e. The highest BCUT2D eigenvalue weighted by atomic mass is 32.2. The van der Waals surface area contributed by atoms with E-state index in [0.717, 1.165) is 53.7 Å². The van der Waals surface area contributed by atoms with Crippen molar-refractivity contribution in [1.29, 1.82) is 0 Å². The van der Waals surface area contributed by atoms with Crippen molar-refractivity contribution in [1.82, 2.24) is 20.0 Å². The van der Waals surface area contributed by atoms with Crippen molar-refractivity contribution in [2.24, 2.45) is 0 Å². The Morgan fingerprint density at radius 1 is 0.881 bits per heavy atom. The number of thioether (sulfide) groups is 1. The maximum Gasteiger partial charge on any atom is 0.220 e. The van der Waals surface area contributed by atoms with E-state index >= 15 is 0 Å². The van der Waals surface area contributed by atoms with Crippen molar-refractivity contribution in [3.05, 3.63) is 30.1 Å². The van der Waals surface area contributed by atoms with Crippen LogP contribution in [0.25, 0.3) is 21.9 Å². The van der Waals surface area contributed by atoms with Crippen LogP contribution in [0.1, 0.15) is 103 Å². The molecule has 8 nitrogen and oxygen atoms in total. The van der Waals surface area contributed by atoms with Crippen molar-refractivity contribution < 1.29 is 14.4 Å². The third-order valence-electron chi connectivity index (χ3n) is 7.40. The van der Waals surface area contributed by atoms with Gasteiger partial charge in [0.1, 0.15) is 23.5 Å². The van der Waals surface area contributed by atoms with Gasteiger partial charge in [0.2, 0.25) is 5.91 Å². The van der Waals surface area contributed by atoms with Gasteiger partial charge in [0.15, 0.2) is 5.82 Å². The molecule has 0 unspecified atom stereocenters. The van der Waals surface area contributed by atoms with Crippen molar-refractivity contribution in [2.75, 3.05) is 43.6 Å². The van der Waals surface area contributed by atoms with Crippen molar-refractivity contribution in [3.63, 3.8) is 0 Å². The number of aryl methyl sites for hydroxylation is 1. The molecule has 3 rings (SSSR count). The van der Waals surface area contributed by atoms with Crippen LogP contribution in [-0.2, 0) is 16.0 Å². The van der Waals surface area contributed by atoms with Crippen LogP contribution in [0.2, 0.25) is 0 Å². The van der Waals surface area contributed by atoms with Gasteiger partial charge >= 0.3 is 0 Å². The number of unbranched alkanes of at least 4 members (excludes halogenated alkanes) is 9. The van der Waals surface area contributed by atoms with Gasteiger partial charge in [-0.15, -0.1) is 0 Å². The summed E-state index contributed by atoms with van der Waals surface area (Å²) in [6, 6.07) is 7.90. The van der Waals surface area contributed by atoms with Crippen LogP contribution in [0.3, 0.4) is 0 Å². The molecule has 0 saturated carbocycles. The van der Waals surface area contributed by atoms with Crippen LogP contribution in [0.4, 0.5) is 5.82 Å². The summed E-state index contributed by atoms with van der Waals surface area (Å²) >= 11 is 1.98. The number of nitrogens with two attached hydrogens (primary N) is 1. The van der Waals surface area contributed by atoms with Gasteiger partial charge in [0.05, 0.1) is 18.7 Å². The number of carbonyl (C=O) groups is 1. The zero-order valence-electron chi connectivity index (χ0n) is 26.0. The molecule has 0 aliphatic carbocycles. The number of imidazole rings is 1. The second kappa shape index (κ2) is 20.4. The minimum Gasteiger partial charge on any atom is -0.410 e. The Labute approximate surface area is 256 Å². The Balaban J connectivity index is 1.25. The summed E-state index contributed by atoms with van der Waals surface area (Å²) in [7, 11) is 0. The predicted molar refractivity (Wildman–Crippen MR) is 177 cm³/mol. The second-order valence-electron chi connectivity index (χ2n) is 11.0. The first-order valence-electron chi connectivity index (χ1n) is 16.3. The Kier molecular flexibility index (Phi) is 16.5. The minimum absolute atomic E-state index is 0.0991. The highest BCUT2D eigenvalue weighted by Crippen LogP contribution is 2.28. The summed E-state index contributed by atoms with van der Waals surface area (Å²) in [4.78, 5) is 27.6. The first-order valence-corrected chi connectivity index (χ1v) is 17.4. The number of nitrogen functional groups attached to an aromatic ring is 1. The maximum atomic E-state index is 12.1. The molecule has 3 N–H and O–H groups in total. The highest BCUT2D eigenvalue weighted by Gasteiger charge is 2.18. The molecular weight excluding hydrogens is 546 g/mol. The lowest BCUT2D eigenvalue weighted by Crippen LogP contribution is -2.28. The second-order valence-corrected chi connectivity index (χ2v) is 12.2. The van der Waals surface area contributed by atoms with E-state index in [1.165, 1.54) is 63.5 Å². The summed E-state index contributed by atoms with van der Waals surface area (Å²) in [5.41, 5.74) is 8.59. The third-order valence-corrected chi connectivity index (χ3v) is 8.56. The quantitative estimate of drug-likeness (QED) is 0.106. The van der Waals surface area contributed by atoms with Crippen LogP contribution < -0.4 is 15.9 Å². The molecule has 9 heteroatoms. The molecule has 234 valence electrons. The Morgan fingerprint density at radius 2 is 1.60 bits per heavy atom. The number of aromatic nitrogens is 3. The van der Waals surface area contributed by atoms with Crippen LogP contribution in [0, 0.1) is 0 Å². The third kappa shape index (κ3) is 11.6. The lowest BCUT2D eigenvalue weighted by molar-refractivity contribution is -0.121. The fourth-order valence-electron chi connectivity index (χ4n) is 5.05. The standard InChI is InChI=1S/C33H53N5O3S/c1-3-5-7-8-9-10-11-12-15-25-42-26-16-20-30(39)35-21-22-40-23-24-41-38-29(19-6-4-2)37-31-32(38)27-17-13-14-18-28(27)36-33(31)34/h13-14,17-18H,3-12,15-16,19-26H2,1-2H3,(H2,34,36)(H,35,39). The first-order chi connectivity index (χ1) is 20.7. The lowest BCUT2D eigenvalue weighted by Gasteiger charge is -2.13. The van der Waals surface area contributed by atoms with E-state index in [1.54, 1.807) is 0 Å². The highest BCUT2D eigenvalue weighted by molar-refractivity contribution is 7.99. The SMILES string of the molecule is CCCCCCCCCCCSCCCC(=O)NCCOCCOn1c(CCCC)nc2c(N)nc3ccccc3c21. The number of hydrogen-bond donors (Lipinski definition) is 2. The number of ether oxygens (including phenoxy) is 1. The number of hydrogen-bond acceptors (Lipinski definition) is 7. The average molecular weight is 600 g/mol. The fraction of sp³-hybridized carbons (Fsp3) is 0.667. The first kappa shape index (κ1) is 34.0. The number of nitrogens with one attached hydrogen (secondary N) is 1. The number of rotatable bonds is 24. The van der Waals surface area contributed by atoms with Crippen molar-refractivity contribution >= 4 is 45.4 Å². The minimum atomic E-state index is 0.0991. The molecule has 0 atom stereocenters. The molecule has 0 radical (unpaired) electrons. The normalized spacial score (nSPS) is 11.5. The average Bonchev–Trinajstić information content (AvgIpc) is 3.37. The number of benzene rings is 1. The van der Waals surface area contributed by atoms with E-state index < -0.39 is 0 Å². The monoisotopic (exact) mass is 599 g/mol. The summed E-state index contributed by atoms with van der Waals surface area (Å²) in [6.45, 7) is 6.17. The van der Waals surface area contributed by atoms with E-state index in [9.17, 15) is 4.79 Å².